The van der Waals surface area contributed by atoms with E-state index in [1.165, 1.54) is 19.3 Å². The average molecular weight is 403 g/mol. The van der Waals surface area contributed by atoms with Crippen molar-refractivity contribution in [3.05, 3.63) is 70.4 Å². The van der Waals surface area contributed by atoms with Gasteiger partial charge in [0.1, 0.15) is 11.4 Å². The van der Waals surface area contributed by atoms with Gasteiger partial charge in [0, 0.05) is 6.54 Å². The van der Waals surface area contributed by atoms with Gasteiger partial charge in [0.15, 0.2) is 0 Å². The van der Waals surface area contributed by atoms with Crippen LogP contribution in [-0.2, 0) is 9.59 Å². The molecule has 0 saturated carbocycles. The Kier molecular flexibility index (Phi) is 7.59. The van der Waals surface area contributed by atoms with E-state index in [0.29, 0.717) is 11.3 Å². The predicted octanol–water partition coefficient (Wildman–Crippen LogP) is 2.71. The van der Waals surface area contributed by atoms with Gasteiger partial charge in [0.05, 0.1) is 24.1 Å². The van der Waals surface area contributed by atoms with Crippen LogP contribution >= 0.6 is 11.6 Å². The van der Waals surface area contributed by atoms with Crippen LogP contribution in [0.25, 0.3) is 6.08 Å². The van der Waals surface area contributed by atoms with Gasteiger partial charge >= 0.3 is 5.97 Å². The van der Waals surface area contributed by atoms with Crippen LogP contribution in [0, 0.1) is 0 Å². The summed E-state index contributed by atoms with van der Waals surface area (Å²) in [5, 5.41) is 14.0. The lowest BCUT2D eigenvalue weighted by Crippen LogP contribution is -2.35. The minimum Gasteiger partial charge on any atom is -0.497 e. The number of carboxylic acid groups (broad SMARTS) is 1. The Morgan fingerprint density at radius 2 is 1.79 bits per heavy atom. The molecule has 2 aromatic carbocycles. The molecule has 2 aromatic rings. The second-order valence-electron chi connectivity index (χ2n) is 5.66. The lowest BCUT2D eigenvalue weighted by molar-refractivity contribution is -0.136. The molecule has 0 aliphatic carbocycles. The molecule has 0 bridgehead atoms. The van der Waals surface area contributed by atoms with E-state index in [0.717, 1.165) is 0 Å². The zero-order valence-electron chi connectivity index (χ0n) is 15.1. The zero-order valence-corrected chi connectivity index (χ0v) is 15.8. The highest BCUT2D eigenvalue weighted by Gasteiger charge is 2.16. The van der Waals surface area contributed by atoms with Crippen LogP contribution in [0.15, 0.2) is 54.2 Å². The van der Waals surface area contributed by atoms with E-state index in [2.05, 4.69) is 10.6 Å². The Labute approximate surface area is 167 Å². The number of hydrogen-bond donors (Lipinski definition) is 3. The third-order valence-corrected chi connectivity index (χ3v) is 3.99. The zero-order chi connectivity index (χ0) is 20.5. The number of halogens is 1. The lowest BCUT2D eigenvalue weighted by atomic mass is 10.1. The highest BCUT2D eigenvalue weighted by molar-refractivity contribution is 6.34. The summed E-state index contributed by atoms with van der Waals surface area (Å²) >= 11 is 6.03. The fourth-order valence-corrected chi connectivity index (χ4v) is 2.46. The number of methoxy groups -OCH3 is 1. The number of ether oxygens (including phenoxy) is 1. The molecular weight excluding hydrogens is 384 g/mol. The summed E-state index contributed by atoms with van der Waals surface area (Å²) in [5.41, 5.74) is 0.812. The van der Waals surface area contributed by atoms with E-state index < -0.39 is 17.8 Å². The molecule has 0 heterocycles. The minimum atomic E-state index is -1.04. The number of rotatable bonds is 8. The number of amides is 2. The molecule has 2 rings (SSSR count). The quantitative estimate of drug-likeness (QED) is 0.589. The molecule has 0 saturated heterocycles. The first-order chi connectivity index (χ1) is 13.4. The maximum Gasteiger partial charge on any atom is 0.305 e. The molecule has 7 nitrogen and oxygen atoms in total. The molecule has 2 amide bonds. The van der Waals surface area contributed by atoms with Crippen molar-refractivity contribution < 1.29 is 24.2 Å². The summed E-state index contributed by atoms with van der Waals surface area (Å²) in [6.07, 6.45) is 1.24. The molecule has 8 heteroatoms. The van der Waals surface area contributed by atoms with Gasteiger partial charge < -0.3 is 20.5 Å². The van der Waals surface area contributed by atoms with Crippen LogP contribution in [0.2, 0.25) is 5.02 Å². The summed E-state index contributed by atoms with van der Waals surface area (Å²) in [6.45, 7) is -0.0733. The number of carbonyl (C=O) groups excluding carboxylic acids is 2. The third-order valence-electron chi connectivity index (χ3n) is 3.66. The Balaban J connectivity index is 2.25. The van der Waals surface area contributed by atoms with E-state index >= 15 is 0 Å². The van der Waals surface area contributed by atoms with E-state index in [1.54, 1.807) is 42.5 Å². The van der Waals surface area contributed by atoms with Gasteiger partial charge in [-0.25, -0.2) is 0 Å². The van der Waals surface area contributed by atoms with Gasteiger partial charge in [-0.2, -0.15) is 0 Å². The van der Waals surface area contributed by atoms with Gasteiger partial charge in [-0.15, -0.1) is 0 Å². The highest BCUT2D eigenvalue weighted by atomic mass is 35.5. The summed E-state index contributed by atoms with van der Waals surface area (Å²) in [6, 6.07) is 13.3. The van der Waals surface area contributed by atoms with E-state index in [1.807, 2.05) is 0 Å². The molecular formula is C20H19ClN2O5. The minimum absolute atomic E-state index is 0.0412. The Morgan fingerprint density at radius 3 is 2.39 bits per heavy atom. The van der Waals surface area contributed by atoms with Crippen molar-refractivity contribution in [2.24, 2.45) is 0 Å². The summed E-state index contributed by atoms with van der Waals surface area (Å²) in [7, 11) is 1.54. The molecule has 28 heavy (non-hydrogen) atoms. The van der Waals surface area contributed by atoms with Crippen molar-refractivity contribution in [2.75, 3.05) is 13.7 Å². The topological polar surface area (TPSA) is 105 Å². The van der Waals surface area contributed by atoms with Crippen LogP contribution in [0.5, 0.6) is 5.75 Å². The monoisotopic (exact) mass is 402 g/mol. The summed E-state index contributed by atoms with van der Waals surface area (Å²) in [5.74, 6) is -1.57. The molecule has 3 N–H and O–H groups in total. The molecule has 0 aliphatic heterocycles. The third kappa shape index (κ3) is 6.14. The number of carboxylic acids is 1. The fraction of sp³-hybridized carbons (Fsp3) is 0.150. The standard InChI is InChI=1S/C20H19ClN2O5/c1-28-14-8-6-13(7-9-14)12-17(20(27)22-11-10-18(24)25)23-19(26)15-4-2-3-5-16(15)21/h2-9,12H,10-11H2,1H3,(H,22,27)(H,23,26)(H,24,25)/b17-12+. The number of hydrogen-bond acceptors (Lipinski definition) is 4. The fourth-order valence-electron chi connectivity index (χ4n) is 2.24. The Hall–Kier alpha value is -3.32. The van der Waals surface area contributed by atoms with Crippen LogP contribution in [0.1, 0.15) is 22.3 Å². The number of carbonyl (C=O) groups is 3. The second kappa shape index (κ2) is 10.1. The predicted molar refractivity (Wildman–Crippen MR) is 105 cm³/mol. The molecule has 0 aliphatic rings. The van der Waals surface area contributed by atoms with Crippen molar-refractivity contribution in [3.63, 3.8) is 0 Å². The first-order valence-electron chi connectivity index (χ1n) is 8.32. The van der Waals surface area contributed by atoms with E-state index in [-0.39, 0.29) is 29.2 Å². The van der Waals surface area contributed by atoms with E-state index in [9.17, 15) is 14.4 Å². The number of benzene rings is 2. The first-order valence-corrected chi connectivity index (χ1v) is 8.70. The average Bonchev–Trinajstić information content (AvgIpc) is 2.68. The van der Waals surface area contributed by atoms with Crippen molar-refractivity contribution in [1.82, 2.24) is 10.6 Å². The summed E-state index contributed by atoms with van der Waals surface area (Å²) < 4.78 is 5.09. The van der Waals surface area contributed by atoms with Crippen LogP contribution in [-0.4, -0.2) is 36.5 Å². The normalized spacial score (nSPS) is 10.9. The molecule has 0 unspecified atom stereocenters. The molecule has 0 fully saturated rings. The van der Waals surface area contributed by atoms with Crippen molar-refractivity contribution in [1.29, 1.82) is 0 Å². The number of aliphatic carboxylic acids is 1. The molecule has 0 radical (unpaired) electrons. The van der Waals surface area contributed by atoms with Gasteiger partial charge in [-0.3, -0.25) is 14.4 Å². The maximum absolute atomic E-state index is 12.5. The van der Waals surface area contributed by atoms with Crippen molar-refractivity contribution in [3.8, 4) is 5.75 Å². The van der Waals surface area contributed by atoms with Crippen LogP contribution in [0.4, 0.5) is 0 Å². The van der Waals surface area contributed by atoms with Crippen molar-refractivity contribution >= 4 is 35.5 Å². The molecule has 0 aromatic heterocycles. The molecule has 0 atom stereocenters. The first kappa shape index (κ1) is 21.0. The maximum atomic E-state index is 12.5. The number of nitrogens with one attached hydrogen (secondary N) is 2. The second-order valence-corrected chi connectivity index (χ2v) is 6.07. The van der Waals surface area contributed by atoms with Gasteiger partial charge in [0.2, 0.25) is 0 Å². The largest absolute Gasteiger partial charge is 0.497 e. The van der Waals surface area contributed by atoms with Gasteiger partial charge in [-0.05, 0) is 35.9 Å². The Morgan fingerprint density at radius 1 is 1.11 bits per heavy atom. The van der Waals surface area contributed by atoms with Gasteiger partial charge in [-0.1, -0.05) is 35.9 Å². The molecule has 0 spiro atoms. The van der Waals surface area contributed by atoms with Crippen molar-refractivity contribution in [2.45, 2.75) is 6.42 Å². The van der Waals surface area contributed by atoms with E-state index in [4.69, 9.17) is 21.4 Å². The van der Waals surface area contributed by atoms with Crippen LogP contribution in [0.3, 0.4) is 0 Å². The highest BCUT2D eigenvalue weighted by Crippen LogP contribution is 2.16. The molecule has 146 valence electrons. The Bertz CT molecular complexity index is 894. The smallest absolute Gasteiger partial charge is 0.305 e. The van der Waals surface area contributed by atoms with Crippen LogP contribution < -0.4 is 15.4 Å². The summed E-state index contributed by atoms with van der Waals surface area (Å²) in [4.78, 5) is 35.6. The lowest BCUT2D eigenvalue weighted by Gasteiger charge is -2.11. The van der Waals surface area contributed by atoms with Gasteiger partial charge in [0.25, 0.3) is 11.8 Å². The SMILES string of the molecule is COc1ccc(/C=C(/NC(=O)c2ccccc2Cl)C(=O)NCCC(=O)O)cc1.